The van der Waals surface area contributed by atoms with Gasteiger partial charge in [0.2, 0.25) is 0 Å². The van der Waals surface area contributed by atoms with Crippen LogP contribution in [-0.2, 0) is 11.2 Å². The van der Waals surface area contributed by atoms with Gasteiger partial charge in [-0.25, -0.2) is 0 Å². The Morgan fingerprint density at radius 1 is 0.969 bits per heavy atom. The van der Waals surface area contributed by atoms with Crippen LogP contribution in [0.5, 0.6) is 5.75 Å². The Morgan fingerprint density at radius 2 is 1.78 bits per heavy atom. The largest absolute Gasteiger partial charge is 0.483 e. The molecule has 0 spiro atoms. The van der Waals surface area contributed by atoms with Gasteiger partial charge in [0.25, 0.3) is 5.91 Å². The standard InChI is InChI=1S/C26H30N4O2/c1-2-20-10-5-6-13-24(20)32-19-26(31)27-22-12-9-11-21(18-22)23-14-15-25(29-28-23)30-16-7-3-4-8-17-30/h5-6,9-15,18H,2-4,7-8,16-17,19H2,1H3,(H,27,31). The summed E-state index contributed by atoms with van der Waals surface area (Å²) in [5, 5.41) is 11.8. The molecule has 166 valence electrons. The minimum atomic E-state index is -0.198. The highest BCUT2D eigenvalue weighted by atomic mass is 16.5. The fourth-order valence-electron chi connectivity index (χ4n) is 3.98. The molecule has 1 fully saturated rings. The summed E-state index contributed by atoms with van der Waals surface area (Å²) in [5.41, 5.74) is 3.49. The summed E-state index contributed by atoms with van der Waals surface area (Å²) in [6, 6.07) is 19.5. The minimum absolute atomic E-state index is 0.0361. The smallest absolute Gasteiger partial charge is 0.262 e. The average Bonchev–Trinajstić information content (AvgIpc) is 3.13. The van der Waals surface area contributed by atoms with Crippen LogP contribution in [0.2, 0.25) is 0 Å². The molecule has 0 bridgehead atoms. The molecule has 0 atom stereocenters. The molecule has 3 aromatic rings. The molecule has 0 aliphatic carbocycles. The zero-order chi connectivity index (χ0) is 22.2. The molecule has 1 saturated heterocycles. The van der Waals surface area contributed by atoms with Crippen LogP contribution in [0, 0.1) is 0 Å². The Labute approximate surface area is 189 Å². The third-order valence-corrected chi connectivity index (χ3v) is 5.73. The van der Waals surface area contributed by atoms with Gasteiger partial charge in [-0.1, -0.05) is 50.1 Å². The van der Waals surface area contributed by atoms with Crippen molar-refractivity contribution in [1.29, 1.82) is 0 Å². The van der Waals surface area contributed by atoms with Crippen molar-refractivity contribution < 1.29 is 9.53 Å². The number of nitrogens with zero attached hydrogens (tertiary/aromatic N) is 3. The quantitative estimate of drug-likeness (QED) is 0.565. The van der Waals surface area contributed by atoms with E-state index in [1.54, 1.807) is 0 Å². The lowest BCUT2D eigenvalue weighted by Gasteiger charge is -2.20. The van der Waals surface area contributed by atoms with Gasteiger partial charge in [0.15, 0.2) is 12.4 Å². The zero-order valence-electron chi connectivity index (χ0n) is 18.6. The van der Waals surface area contributed by atoms with Crippen molar-refractivity contribution in [1.82, 2.24) is 10.2 Å². The maximum Gasteiger partial charge on any atom is 0.262 e. The van der Waals surface area contributed by atoms with Crippen molar-refractivity contribution in [3.63, 3.8) is 0 Å². The van der Waals surface area contributed by atoms with E-state index in [-0.39, 0.29) is 12.5 Å². The molecule has 4 rings (SSSR count). The molecule has 1 aliphatic rings. The van der Waals surface area contributed by atoms with Crippen LogP contribution in [0.1, 0.15) is 38.2 Å². The van der Waals surface area contributed by atoms with Gasteiger partial charge in [-0.15, -0.1) is 10.2 Å². The van der Waals surface area contributed by atoms with E-state index in [0.29, 0.717) is 5.69 Å². The summed E-state index contributed by atoms with van der Waals surface area (Å²) in [6.45, 7) is 4.11. The van der Waals surface area contributed by atoms with Crippen molar-refractivity contribution in [3.8, 4) is 17.0 Å². The van der Waals surface area contributed by atoms with Crippen LogP contribution in [-0.4, -0.2) is 35.8 Å². The third-order valence-electron chi connectivity index (χ3n) is 5.73. The van der Waals surface area contributed by atoms with Crippen LogP contribution >= 0.6 is 0 Å². The SMILES string of the molecule is CCc1ccccc1OCC(=O)Nc1cccc(-c2ccc(N3CCCCCC3)nn2)c1. The number of ether oxygens (including phenoxy) is 1. The van der Waals surface area contributed by atoms with Crippen LogP contribution in [0.4, 0.5) is 11.5 Å². The number of carbonyl (C=O) groups is 1. The predicted octanol–water partition coefficient (Wildman–Crippen LogP) is 5.10. The Balaban J connectivity index is 1.38. The van der Waals surface area contributed by atoms with Crippen molar-refractivity contribution in [3.05, 3.63) is 66.2 Å². The molecule has 6 nitrogen and oxygen atoms in total. The first-order chi connectivity index (χ1) is 15.7. The van der Waals surface area contributed by atoms with E-state index in [1.807, 2.05) is 60.7 Å². The Hall–Kier alpha value is -3.41. The first-order valence-electron chi connectivity index (χ1n) is 11.4. The molecule has 0 radical (unpaired) electrons. The van der Waals surface area contributed by atoms with Crippen molar-refractivity contribution in [2.45, 2.75) is 39.0 Å². The average molecular weight is 431 g/mol. The fourth-order valence-corrected chi connectivity index (χ4v) is 3.98. The Morgan fingerprint density at radius 3 is 2.53 bits per heavy atom. The summed E-state index contributed by atoms with van der Waals surface area (Å²) < 4.78 is 5.72. The van der Waals surface area contributed by atoms with E-state index in [0.717, 1.165) is 47.9 Å². The normalized spacial score (nSPS) is 14.0. The number of nitrogens with one attached hydrogen (secondary N) is 1. The van der Waals surface area contributed by atoms with Crippen LogP contribution in [0.25, 0.3) is 11.3 Å². The van der Waals surface area contributed by atoms with Gasteiger partial charge < -0.3 is 15.0 Å². The van der Waals surface area contributed by atoms with E-state index < -0.39 is 0 Å². The molecule has 2 heterocycles. The molecule has 0 saturated carbocycles. The highest BCUT2D eigenvalue weighted by molar-refractivity contribution is 5.92. The lowest BCUT2D eigenvalue weighted by atomic mass is 10.1. The van der Waals surface area contributed by atoms with Crippen LogP contribution < -0.4 is 15.0 Å². The van der Waals surface area contributed by atoms with Gasteiger partial charge in [0.05, 0.1) is 5.69 Å². The second kappa shape index (κ2) is 10.8. The summed E-state index contributed by atoms with van der Waals surface area (Å²) in [4.78, 5) is 14.7. The van der Waals surface area contributed by atoms with Crippen LogP contribution in [0.3, 0.4) is 0 Å². The lowest BCUT2D eigenvalue weighted by Crippen LogP contribution is -2.25. The summed E-state index contributed by atoms with van der Waals surface area (Å²) in [7, 11) is 0. The zero-order valence-corrected chi connectivity index (χ0v) is 18.6. The van der Waals surface area contributed by atoms with E-state index >= 15 is 0 Å². The highest BCUT2D eigenvalue weighted by Gasteiger charge is 2.12. The number of hydrogen-bond acceptors (Lipinski definition) is 5. The van der Waals surface area contributed by atoms with Gasteiger partial charge in [-0.3, -0.25) is 4.79 Å². The van der Waals surface area contributed by atoms with Crippen molar-refractivity contribution in [2.75, 3.05) is 29.9 Å². The maximum atomic E-state index is 12.4. The number of amides is 1. The number of rotatable bonds is 7. The van der Waals surface area contributed by atoms with Crippen molar-refractivity contribution in [2.24, 2.45) is 0 Å². The molecule has 1 aromatic heterocycles. The summed E-state index contributed by atoms with van der Waals surface area (Å²) >= 11 is 0. The first-order valence-corrected chi connectivity index (χ1v) is 11.4. The van der Waals surface area contributed by atoms with Crippen LogP contribution in [0.15, 0.2) is 60.7 Å². The second-order valence-electron chi connectivity index (χ2n) is 8.06. The first kappa shape index (κ1) is 21.8. The lowest BCUT2D eigenvalue weighted by molar-refractivity contribution is -0.118. The van der Waals surface area contributed by atoms with E-state index in [4.69, 9.17) is 4.74 Å². The molecular formula is C26H30N4O2. The fraction of sp³-hybridized carbons (Fsp3) is 0.346. The third kappa shape index (κ3) is 5.63. The maximum absolute atomic E-state index is 12.4. The molecule has 1 N–H and O–H groups in total. The monoisotopic (exact) mass is 430 g/mol. The number of hydrogen-bond donors (Lipinski definition) is 1. The number of para-hydroxylation sites is 1. The Bertz CT molecular complexity index is 1030. The molecule has 1 aliphatic heterocycles. The number of anilines is 2. The topological polar surface area (TPSA) is 67.3 Å². The van der Waals surface area contributed by atoms with E-state index in [1.165, 1.54) is 25.7 Å². The van der Waals surface area contributed by atoms with Gasteiger partial charge in [0, 0.05) is 24.3 Å². The predicted molar refractivity (Wildman–Crippen MR) is 128 cm³/mol. The van der Waals surface area contributed by atoms with Gasteiger partial charge >= 0.3 is 0 Å². The van der Waals surface area contributed by atoms with Gasteiger partial charge in [-0.05, 0) is 55.2 Å². The molecule has 32 heavy (non-hydrogen) atoms. The number of aromatic nitrogens is 2. The number of aryl methyl sites for hydroxylation is 1. The second-order valence-corrected chi connectivity index (χ2v) is 8.06. The number of benzene rings is 2. The van der Waals surface area contributed by atoms with Crippen molar-refractivity contribution >= 4 is 17.4 Å². The molecular weight excluding hydrogens is 400 g/mol. The van der Waals surface area contributed by atoms with Gasteiger partial charge in [-0.2, -0.15) is 0 Å². The molecule has 1 amide bonds. The highest BCUT2D eigenvalue weighted by Crippen LogP contribution is 2.23. The van der Waals surface area contributed by atoms with E-state index in [2.05, 4.69) is 27.3 Å². The summed E-state index contributed by atoms with van der Waals surface area (Å²) in [5.74, 6) is 1.49. The molecule has 0 unspecified atom stereocenters. The Kier molecular flexibility index (Phi) is 7.33. The molecule has 6 heteroatoms. The van der Waals surface area contributed by atoms with Gasteiger partial charge in [0.1, 0.15) is 5.75 Å². The number of carbonyl (C=O) groups excluding carboxylic acids is 1. The minimum Gasteiger partial charge on any atom is -0.483 e. The summed E-state index contributed by atoms with van der Waals surface area (Å²) in [6.07, 6.45) is 5.85. The molecule has 2 aromatic carbocycles. The van der Waals surface area contributed by atoms with E-state index in [9.17, 15) is 4.79 Å².